The summed E-state index contributed by atoms with van der Waals surface area (Å²) in [6.07, 6.45) is -0.266. The van der Waals surface area contributed by atoms with E-state index in [2.05, 4.69) is 0 Å². The minimum atomic E-state index is -3.78. The fraction of sp³-hybridized carbons (Fsp3) is 0.364. The molecule has 1 fully saturated rings. The van der Waals surface area contributed by atoms with Gasteiger partial charge in [0.15, 0.2) is 11.5 Å². The zero-order valence-electron chi connectivity index (χ0n) is 16.4. The van der Waals surface area contributed by atoms with Gasteiger partial charge in [-0.3, -0.25) is 0 Å². The zero-order chi connectivity index (χ0) is 21.0. The Hall–Kier alpha value is -2.39. The second-order valence-electron chi connectivity index (χ2n) is 8.03. The third kappa shape index (κ3) is 3.11. The lowest BCUT2D eigenvalue weighted by Crippen LogP contribution is -2.42. The number of hydrogen-bond acceptors (Lipinski definition) is 6. The number of aliphatic hydroxyl groups excluding tert-OH is 2. The Kier molecular flexibility index (Phi) is 4.62. The number of aryl methyl sites for hydroxylation is 1. The van der Waals surface area contributed by atoms with Crippen molar-refractivity contribution in [2.24, 2.45) is 0 Å². The van der Waals surface area contributed by atoms with E-state index in [9.17, 15) is 18.6 Å². The number of rotatable bonds is 3. The Labute approximate surface area is 175 Å². The van der Waals surface area contributed by atoms with E-state index < -0.39 is 28.3 Å². The molecule has 2 heterocycles. The molecular formula is C22H23NO6S. The van der Waals surface area contributed by atoms with Gasteiger partial charge in [0.2, 0.25) is 16.8 Å². The van der Waals surface area contributed by atoms with Crippen LogP contribution in [0.5, 0.6) is 11.5 Å². The molecule has 1 saturated heterocycles. The van der Waals surface area contributed by atoms with Crippen molar-refractivity contribution < 1.29 is 28.1 Å². The summed E-state index contributed by atoms with van der Waals surface area (Å²) >= 11 is 0. The highest BCUT2D eigenvalue weighted by molar-refractivity contribution is 7.89. The second kappa shape index (κ2) is 7.09. The predicted molar refractivity (Wildman–Crippen MR) is 109 cm³/mol. The van der Waals surface area contributed by atoms with E-state index in [0.29, 0.717) is 11.5 Å². The van der Waals surface area contributed by atoms with Crippen LogP contribution in [0.2, 0.25) is 0 Å². The van der Waals surface area contributed by atoms with Crippen molar-refractivity contribution in [3.63, 3.8) is 0 Å². The molecule has 0 unspecified atom stereocenters. The van der Waals surface area contributed by atoms with E-state index in [-0.39, 0.29) is 30.6 Å². The number of sulfonamides is 1. The van der Waals surface area contributed by atoms with Gasteiger partial charge in [0.25, 0.3) is 0 Å². The van der Waals surface area contributed by atoms with Gasteiger partial charge in [-0.05, 0) is 48.7 Å². The number of hydrogen-bond donors (Lipinski definition) is 2. The van der Waals surface area contributed by atoms with Gasteiger partial charge < -0.3 is 19.7 Å². The Morgan fingerprint density at radius 2 is 1.77 bits per heavy atom. The van der Waals surface area contributed by atoms with Gasteiger partial charge in [-0.2, -0.15) is 4.31 Å². The van der Waals surface area contributed by atoms with Crippen LogP contribution in [0.15, 0.2) is 59.0 Å². The largest absolute Gasteiger partial charge is 0.454 e. The van der Waals surface area contributed by atoms with E-state index in [4.69, 9.17) is 9.47 Å². The summed E-state index contributed by atoms with van der Waals surface area (Å²) in [5, 5.41) is 20.5. The Balaban J connectivity index is 1.57. The second-order valence-corrected chi connectivity index (χ2v) is 9.92. The zero-order valence-corrected chi connectivity index (χ0v) is 17.2. The molecule has 0 aromatic heterocycles. The fourth-order valence-corrected chi connectivity index (χ4v) is 6.15. The number of nitrogens with zero attached hydrogens (tertiary/aromatic N) is 1. The summed E-state index contributed by atoms with van der Waals surface area (Å²) in [6.45, 7) is 2.29. The average Bonchev–Trinajstić information content (AvgIpc) is 3.33. The van der Waals surface area contributed by atoms with Crippen LogP contribution in [-0.2, 0) is 10.0 Å². The van der Waals surface area contributed by atoms with Crippen molar-refractivity contribution in [2.45, 2.75) is 42.4 Å². The van der Waals surface area contributed by atoms with Crippen molar-refractivity contribution >= 4 is 10.0 Å². The maximum absolute atomic E-state index is 13.5. The van der Waals surface area contributed by atoms with Gasteiger partial charge in [0, 0.05) is 18.5 Å². The van der Waals surface area contributed by atoms with E-state index in [1.165, 1.54) is 4.31 Å². The Morgan fingerprint density at radius 3 is 2.53 bits per heavy atom. The first-order valence-electron chi connectivity index (χ1n) is 9.90. The predicted octanol–water partition coefficient (Wildman–Crippen LogP) is 1.93. The normalized spacial score (nSPS) is 28.3. The molecule has 3 aliphatic rings. The smallest absolute Gasteiger partial charge is 0.243 e. The standard InChI is InChI=1S/C22H23NO6S/c1-13-2-5-15(6-3-13)30(26,27)23-11-17(16-9-19(24)20(25)10-18(16)23)14-4-7-21-22(8-14)29-12-28-21/h2-9,17-20,24-25H,10-12H2,1H3/t17-,18+,19+,20-/m0/s1. The molecule has 0 amide bonds. The minimum Gasteiger partial charge on any atom is -0.454 e. The van der Waals surface area contributed by atoms with Crippen molar-refractivity contribution in [3.05, 3.63) is 65.2 Å². The van der Waals surface area contributed by atoms with Crippen LogP contribution in [0.25, 0.3) is 0 Å². The van der Waals surface area contributed by atoms with E-state index in [0.717, 1.165) is 16.7 Å². The topological polar surface area (TPSA) is 96.3 Å². The molecule has 2 aromatic carbocycles. The van der Waals surface area contributed by atoms with E-state index in [1.807, 2.05) is 25.1 Å². The summed E-state index contributed by atoms with van der Waals surface area (Å²) in [7, 11) is -3.78. The molecule has 7 nitrogen and oxygen atoms in total. The molecular weight excluding hydrogens is 406 g/mol. The lowest BCUT2D eigenvalue weighted by Gasteiger charge is -2.31. The number of fused-ring (bicyclic) bond motifs is 2. The lowest BCUT2D eigenvalue weighted by atomic mass is 9.83. The lowest BCUT2D eigenvalue weighted by molar-refractivity contribution is 0.0278. The van der Waals surface area contributed by atoms with Crippen molar-refractivity contribution in [1.29, 1.82) is 0 Å². The van der Waals surface area contributed by atoms with Gasteiger partial charge in [-0.25, -0.2) is 8.42 Å². The molecule has 8 heteroatoms. The van der Waals surface area contributed by atoms with Gasteiger partial charge in [0.05, 0.1) is 17.1 Å². The molecule has 0 saturated carbocycles. The van der Waals surface area contributed by atoms with Crippen LogP contribution in [0.1, 0.15) is 23.5 Å². The van der Waals surface area contributed by atoms with Gasteiger partial charge in [-0.1, -0.05) is 29.8 Å². The van der Waals surface area contributed by atoms with Crippen LogP contribution >= 0.6 is 0 Å². The van der Waals surface area contributed by atoms with Gasteiger partial charge >= 0.3 is 0 Å². The van der Waals surface area contributed by atoms with Crippen LogP contribution in [0.3, 0.4) is 0 Å². The number of ether oxygens (including phenoxy) is 2. The highest BCUT2D eigenvalue weighted by atomic mass is 32.2. The van der Waals surface area contributed by atoms with Crippen molar-refractivity contribution in [2.75, 3.05) is 13.3 Å². The molecule has 2 aromatic rings. The third-order valence-corrected chi connectivity index (χ3v) is 8.03. The van der Waals surface area contributed by atoms with Crippen molar-refractivity contribution in [3.8, 4) is 11.5 Å². The summed E-state index contributed by atoms with van der Waals surface area (Å²) in [5.74, 6) is 1.04. The van der Waals surface area contributed by atoms with Crippen LogP contribution in [-0.4, -0.2) is 54.5 Å². The summed E-state index contributed by atoms with van der Waals surface area (Å²) < 4.78 is 39.2. The molecule has 4 atom stereocenters. The highest BCUT2D eigenvalue weighted by Gasteiger charge is 2.47. The fourth-order valence-electron chi connectivity index (χ4n) is 4.51. The first kappa shape index (κ1) is 19.6. The number of aliphatic hydroxyl groups is 2. The van der Waals surface area contributed by atoms with E-state index >= 15 is 0 Å². The summed E-state index contributed by atoms with van der Waals surface area (Å²) in [5.41, 5.74) is 2.67. The summed E-state index contributed by atoms with van der Waals surface area (Å²) in [4.78, 5) is 0.222. The Bertz CT molecular complexity index is 1110. The molecule has 30 heavy (non-hydrogen) atoms. The SMILES string of the molecule is Cc1ccc(S(=O)(=O)N2C[C@@H](c3ccc4c(c3)OCO4)C3=C[C@@H](O)[C@@H](O)C[C@H]32)cc1. The quantitative estimate of drug-likeness (QED) is 0.724. The number of benzene rings is 2. The van der Waals surface area contributed by atoms with Gasteiger partial charge in [-0.15, -0.1) is 0 Å². The molecule has 1 aliphatic carbocycles. The molecule has 2 N–H and O–H groups in total. The maximum Gasteiger partial charge on any atom is 0.243 e. The Morgan fingerprint density at radius 1 is 1.03 bits per heavy atom. The van der Waals surface area contributed by atoms with E-state index in [1.54, 1.807) is 30.3 Å². The molecule has 5 rings (SSSR count). The van der Waals surface area contributed by atoms with Gasteiger partial charge in [0.1, 0.15) is 0 Å². The van der Waals surface area contributed by atoms with Crippen LogP contribution in [0.4, 0.5) is 0 Å². The molecule has 0 bridgehead atoms. The van der Waals surface area contributed by atoms with Crippen LogP contribution in [0, 0.1) is 6.92 Å². The van der Waals surface area contributed by atoms with Crippen LogP contribution < -0.4 is 9.47 Å². The maximum atomic E-state index is 13.5. The minimum absolute atomic E-state index is 0.152. The molecule has 158 valence electrons. The molecule has 0 spiro atoms. The highest BCUT2D eigenvalue weighted by Crippen LogP contribution is 2.46. The third-order valence-electron chi connectivity index (χ3n) is 6.15. The first-order chi connectivity index (χ1) is 14.3. The summed E-state index contributed by atoms with van der Waals surface area (Å²) in [6, 6.07) is 11.8. The van der Waals surface area contributed by atoms with Crippen molar-refractivity contribution in [1.82, 2.24) is 4.31 Å². The molecule has 0 radical (unpaired) electrons. The first-order valence-corrected chi connectivity index (χ1v) is 11.3. The molecule has 2 aliphatic heterocycles. The average molecular weight is 429 g/mol. The monoisotopic (exact) mass is 429 g/mol.